The summed E-state index contributed by atoms with van der Waals surface area (Å²) in [5.41, 5.74) is 5.55. The molecule has 35 heavy (non-hydrogen) atoms. The Kier molecular flexibility index (Phi) is 6.74. The highest BCUT2D eigenvalue weighted by molar-refractivity contribution is 5.72. The first-order valence-corrected chi connectivity index (χ1v) is 12.1. The molecular weight excluding hydrogens is 445 g/mol. The molecule has 4 aromatic rings. The van der Waals surface area contributed by atoms with Crippen molar-refractivity contribution in [2.75, 3.05) is 6.61 Å². The van der Waals surface area contributed by atoms with Crippen molar-refractivity contribution in [3.05, 3.63) is 119 Å². The number of hydrogen-bond donors (Lipinski definition) is 0. The second-order valence-corrected chi connectivity index (χ2v) is 9.11. The van der Waals surface area contributed by atoms with E-state index in [-0.39, 0.29) is 23.0 Å². The number of aryl methyl sites for hydroxylation is 3. The molecule has 1 heterocycles. The third-order valence-corrected chi connectivity index (χ3v) is 6.60. The van der Waals surface area contributed by atoms with Gasteiger partial charge in [0, 0.05) is 16.7 Å². The number of epoxide rings is 1. The second-order valence-electron chi connectivity index (χ2n) is 9.11. The summed E-state index contributed by atoms with van der Waals surface area (Å²) in [5, 5.41) is 0. The van der Waals surface area contributed by atoms with Crippen LogP contribution in [0.4, 0.5) is 13.2 Å². The van der Waals surface area contributed by atoms with Gasteiger partial charge in [-0.05, 0) is 53.1 Å². The molecule has 4 aromatic carbocycles. The number of halogens is 3. The second kappa shape index (κ2) is 10.1. The van der Waals surface area contributed by atoms with Crippen LogP contribution in [-0.2, 0) is 24.0 Å². The summed E-state index contributed by atoms with van der Waals surface area (Å²) in [4.78, 5) is 0. The number of ether oxygens (including phenoxy) is 1. The van der Waals surface area contributed by atoms with E-state index in [1.807, 2.05) is 42.5 Å². The van der Waals surface area contributed by atoms with Crippen molar-refractivity contribution in [1.29, 1.82) is 0 Å². The maximum absolute atomic E-state index is 15.0. The Bertz CT molecular complexity index is 1320. The van der Waals surface area contributed by atoms with E-state index in [1.54, 1.807) is 36.4 Å². The summed E-state index contributed by atoms with van der Waals surface area (Å²) < 4.78 is 49.4. The highest BCUT2D eigenvalue weighted by atomic mass is 19.2. The Morgan fingerprint density at radius 3 is 1.63 bits per heavy atom. The highest BCUT2D eigenvalue weighted by Crippen LogP contribution is 2.33. The van der Waals surface area contributed by atoms with E-state index in [2.05, 4.69) is 6.92 Å². The summed E-state index contributed by atoms with van der Waals surface area (Å²) in [5.74, 6) is -1.90. The van der Waals surface area contributed by atoms with Gasteiger partial charge in [-0.3, -0.25) is 0 Å². The van der Waals surface area contributed by atoms with Crippen molar-refractivity contribution in [1.82, 2.24) is 0 Å². The number of hydrogen-bond acceptors (Lipinski definition) is 1. The monoisotopic (exact) mass is 472 g/mol. The molecule has 1 fully saturated rings. The van der Waals surface area contributed by atoms with Gasteiger partial charge in [0.25, 0.3) is 0 Å². The van der Waals surface area contributed by atoms with Crippen LogP contribution in [0.1, 0.15) is 41.7 Å². The van der Waals surface area contributed by atoms with E-state index in [4.69, 9.17) is 4.74 Å². The highest BCUT2D eigenvalue weighted by Gasteiger charge is 2.27. The predicted molar refractivity (Wildman–Crippen MR) is 134 cm³/mol. The van der Waals surface area contributed by atoms with Crippen LogP contribution in [0.15, 0.2) is 78.9 Å². The smallest absolute Gasteiger partial charge is 0.167 e. The Hall–Kier alpha value is -3.37. The lowest BCUT2D eigenvalue weighted by atomic mass is 9.96. The maximum Gasteiger partial charge on any atom is 0.167 e. The van der Waals surface area contributed by atoms with Crippen LogP contribution < -0.4 is 0 Å². The van der Waals surface area contributed by atoms with Gasteiger partial charge < -0.3 is 4.74 Å². The van der Waals surface area contributed by atoms with Gasteiger partial charge in [0.1, 0.15) is 11.9 Å². The molecule has 0 aliphatic carbocycles. The van der Waals surface area contributed by atoms with Gasteiger partial charge >= 0.3 is 0 Å². The maximum atomic E-state index is 15.0. The van der Waals surface area contributed by atoms with Crippen molar-refractivity contribution in [3.8, 4) is 22.3 Å². The van der Waals surface area contributed by atoms with Gasteiger partial charge in [-0.1, -0.05) is 86.1 Å². The first-order valence-electron chi connectivity index (χ1n) is 12.1. The first kappa shape index (κ1) is 23.4. The molecule has 0 amide bonds. The fraction of sp³-hybridized carbons (Fsp3) is 0.226. The average Bonchev–Trinajstić information content (AvgIpc) is 3.71. The third-order valence-electron chi connectivity index (χ3n) is 6.60. The van der Waals surface area contributed by atoms with E-state index >= 15 is 4.39 Å². The normalized spacial score (nSPS) is 14.8. The molecule has 0 aromatic heterocycles. The fourth-order valence-electron chi connectivity index (χ4n) is 4.49. The molecule has 1 atom stereocenters. The van der Waals surface area contributed by atoms with Crippen molar-refractivity contribution in [3.63, 3.8) is 0 Å². The summed E-state index contributed by atoms with van der Waals surface area (Å²) in [6.45, 7) is 2.70. The Morgan fingerprint density at radius 1 is 0.657 bits per heavy atom. The molecule has 0 radical (unpaired) electrons. The van der Waals surface area contributed by atoms with Crippen LogP contribution in [-0.4, -0.2) is 6.61 Å². The zero-order chi connectivity index (χ0) is 24.4. The summed E-state index contributed by atoms with van der Waals surface area (Å²) in [6.07, 6.45) is 3.32. The molecule has 4 heteroatoms. The minimum absolute atomic E-state index is 0.0952. The molecule has 0 N–H and O–H groups in total. The van der Waals surface area contributed by atoms with E-state index in [0.29, 0.717) is 29.7 Å². The zero-order valence-corrected chi connectivity index (χ0v) is 19.7. The van der Waals surface area contributed by atoms with Crippen molar-refractivity contribution < 1.29 is 17.9 Å². The summed E-state index contributed by atoms with van der Waals surface area (Å²) >= 11 is 0. The standard InChI is InChI=1S/C31H27F3O/c1-2-3-20-6-11-23(12-7-20)25-16-17-26(31(34)30(25)33)24-13-8-21(9-14-24)4-5-22-10-15-27(28(32)18-22)29-19-35-29/h6-18,29H,2-5,19H2,1H3. The van der Waals surface area contributed by atoms with Gasteiger partial charge in [0.05, 0.1) is 6.61 Å². The molecule has 1 nitrogen and oxygen atoms in total. The molecule has 1 aliphatic rings. The van der Waals surface area contributed by atoms with Gasteiger partial charge in [-0.2, -0.15) is 0 Å². The summed E-state index contributed by atoms with van der Waals surface area (Å²) in [6, 6.07) is 23.6. The zero-order valence-electron chi connectivity index (χ0n) is 19.7. The first-order chi connectivity index (χ1) is 17.0. The molecule has 0 spiro atoms. The minimum Gasteiger partial charge on any atom is -0.368 e. The van der Waals surface area contributed by atoms with E-state index in [1.165, 1.54) is 5.56 Å². The Balaban J connectivity index is 1.28. The minimum atomic E-state index is -0.844. The van der Waals surface area contributed by atoms with Crippen LogP contribution in [0.5, 0.6) is 0 Å². The molecule has 1 unspecified atom stereocenters. The average molecular weight is 473 g/mol. The summed E-state index contributed by atoms with van der Waals surface area (Å²) in [7, 11) is 0. The van der Waals surface area contributed by atoms with Crippen LogP contribution >= 0.6 is 0 Å². The molecule has 5 rings (SSSR count). The van der Waals surface area contributed by atoms with E-state index < -0.39 is 11.6 Å². The van der Waals surface area contributed by atoms with E-state index in [0.717, 1.165) is 30.4 Å². The van der Waals surface area contributed by atoms with E-state index in [9.17, 15) is 8.78 Å². The largest absolute Gasteiger partial charge is 0.368 e. The quantitative estimate of drug-likeness (QED) is 0.235. The van der Waals surface area contributed by atoms with Crippen LogP contribution in [0.2, 0.25) is 0 Å². The molecule has 1 aliphatic heterocycles. The fourth-order valence-corrected chi connectivity index (χ4v) is 4.49. The predicted octanol–water partition coefficient (Wildman–Crippen LogP) is 8.25. The Labute approximate surface area is 204 Å². The molecule has 0 bridgehead atoms. The topological polar surface area (TPSA) is 12.5 Å². The van der Waals surface area contributed by atoms with Gasteiger partial charge in [-0.25, -0.2) is 13.2 Å². The number of rotatable bonds is 8. The third kappa shape index (κ3) is 5.18. The lowest BCUT2D eigenvalue weighted by molar-refractivity contribution is 0.408. The lowest BCUT2D eigenvalue weighted by Gasteiger charge is -2.11. The molecular formula is C31H27F3O. The molecule has 178 valence electrons. The molecule has 0 saturated carbocycles. The lowest BCUT2D eigenvalue weighted by Crippen LogP contribution is -1.96. The van der Waals surface area contributed by atoms with Crippen LogP contribution in [0.3, 0.4) is 0 Å². The van der Waals surface area contributed by atoms with Crippen molar-refractivity contribution in [2.24, 2.45) is 0 Å². The van der Waals surface area contributed by atoms with Crippen LogP contribution in [0.25, 0.3) is 22.3 Å². The SMILES string of the molecule is CCCc1ccc(-c2ccc(-c3ccc(CCc4ccc(C5CO5)c(F)c4)cc3)c(F)c2F)cc1. The van der Waals surface area contributed by atoms with Gasteiger partial charge in [-0.15, -0.1) is 0 Å². The van der Waals surface area contributed by atoms with Crippen molar-refractivity contribution in [2.45, 2.75) is 38.7 Å². The van der Waals surface area contributed by atoms with Gasteiger partial charge in [0.2, 0.25) is 0 Å². The van der Waals surface area contributed by atoms with Crippen molar-refractivity contribution >= 4 is 0 Å². The molecule has 1 saturated heterocycles. The Morgan fingerprint density at radius 2 is 1.14 bits per heavy atom. The van der Waals surface area contributed by atoms with Gasteiger partial charge in [0.15, 0.2) is 11.6 Å². The number of benzene rings is 4. The van der Waals surface area contributed by atoms with Crippen LogP contribution in [0, 0.1) is 17.5 Å².